The Kier molecular flexibility index (Phi) is 10.5. The fourth-order valence-electron chi connectivity index (χ4n) is 7.98. The van der Waals surface area contributed by atoms with Gasteiger partial charge in [-0.2, -0.15) is 9.97 Å². The lowest BCUT2D eigenvalue weighted by atomic mass is 9.92. The first kappa shape index (κ1) is 38.4. The third-order valence-electron chi connectivity index (χ3n) is 10.4. The summed E-state index contributed by atoms with van der Waals surface area (Å²) in [4.78, 5) is 47.6. The van der Waals surface area contributed by atoms with Crippen LogP contribution < -0.4 is 14.5 Å². The maximum Gasteiger partial charge on any atom is 0.414 e. The highest BCUT2D eigenvalue weighted by Gasteiger charge is 2.45. The summed E-state index contributed by atoms with van der Waals surface area (Å²) in [5.41, 5.74) is -2.03. The fourth-order valence-corrected chi connectivity index (χ4v) is 7.98. The Balaban J connectivity index is 1.43. The number of piperazine rings is 1. The lowest BCUT2D eigenvalue weighted by Gasteiger charge is -2.42. The molecule has 53 heavy (non-hydrogen) atoms. The van der Waals surface area contributed by atoms with Crippen molar-refractivity contribution in [2.24, 2.45) is 0 Å². The second-order valence-electron chi connectivity index (χ2n) is 16.7. The summed E-state index contributed by atoms with van der Waals surface area (Å²) in [5.74, 6) is -1.11. The Morgan fingerprint density at radius 2 is 1.70 bits per heavy atom. The Hall–Kier alpha value is -4.33. The first-order chi connectivity index (χ1) is 24.9. The number of hydrogen-bond acceptors (Lipinski definition) is 10. The van der Waals surface area contributed by atoms with Crippen molar-refractivity contribution < 1.29 is 32.6 Å². The van der Waals surface area contributed by atoms with Crippen molar-refractivity contribution in [3.63, 3.8) is 0 Å². The molecule has 0 radical (unpaired) electrons. The average molecular weight is 738 g/mol. The van der Waals surface area contributed by atoms with Gasteiger partial charge in [0.25, 0.3) is 0 Å². The minimum absolute atomic E-state index is 0.0200. The van der Waals surface area contributed by atoms with Gasteiger partial charge in [-0.25, -0.2) is 18.4 Å². The van der Waals surface area contributed by atoms with Crippen LogP contribution >= 0.6 is 0 Å². The Labute approximate surface area is 310 Å². The van der Waals surface area contributed by atoms with E-state index >= 15 is 8.78 Å². The minimum Gasteiger partial charge on any atom is -0.461 e. The van der Waals surface area contributed by atoms with Gasteiger partial charge in [-0.15, -0.1) is 0 Å². The normalized spacial score (nSPS) is 22.0. The molecule has 2 amide bonds. The van der Waals surface area contributed by atoms with Crippen LogP contribution in [0.3, 0.4) is 0 Å². The van der Waals surface area contributed by atoms with Crippen LogP contribution in [0.4, 0.5) is 29.9 Å². The van der Waals surface area contributed by atoms with E-state index < -0.39 is 28.9 Å². The molecular formula is C39H53F2N7O5. The monoisotopic (exact) mass is 737 g/mol. The molecule has 6 rings (SSSR count). The van der Waals surface area contributed by atoms with Gasteiger partial charge in [0, 0.05) is 31.9 Å². The summed E-state index contributed by atoms with van der Waals surface area (Å²) in [7, 11) is 3.47. The number of fused-ring (bicyclic) bond motifs is 3. The standard InChI is InChI=1S/C39H53F2N7O5/c1-10-17-39(18-12-19-45(39)8)23-51-34-43-31-27(33(44-34)47-21-24-15-16-25(22-47)48(24)36(50)53-38(5,6)7)20-42-30(29(31)41)26-13-11-14-28(40)32(26)46(9)35(49)52-37(2,3)4/h11,13-14,20,24-25H,10,12,15-19,21-23H2,1-9H3. The molecule has 1 aromatic carbocycles. The molecule has 288 valence electrons. The lowest BCUT2D eigenvalue weighted by Crippen LogP contribution is -2.57. The number of amides is 2. The molecule has 3 unspecified atom stereocenters. The van der Waals surface area contributed by atoms with Crippen molar-refractivity contribution in [3.8, 4) is 17.3 Å². The largest absolute Gasteiger partial charge is 0.461 e. The zero-order chi connectivity index (χ0) is 38.5. The second-order valence-corrected chi connectivity index (χ2v) is 16.7. The number of rotatable bonds is 8. The van der Waals surface area contributed by atoms with E-state index in [9.17, 15) is 9.59 Å². The van der Waals surface area contributed by atoms with Gasteiger partial charge in [-0.05, 0) is 93.3 Å². The molecule has 3 aliphatic heterocycles. The SMILES string of the molecule is CCCC1(COc2nc(N3CC4CCC(C3)N4C(=O)OC(C)(C)C)c3cnc(-c4cccc(F)c4N(C)C(=O)OC(C)(C)C)c(F)c3n2)CCCN1C. The zero-order valence-electron chi connectivity index (χ0n) is 32.5. The number of hydrogen-bond donors (Lipinski definition) is 0. The number of ether oxygens (including phenoxy) is 3. The molecule has 2 aromatic heterocycles. The van der Waals surface area contributed by atoms with Crippen LogP contribution in [0, 0.1) is 11.6 Å². The smallest absolute Gasteiger partial charge is 0.414 e. The van der Waals surface area contributed by atoms with Gasteiger partial charge < -0.3 is 19.1 Å². The van der Waals surface area contributed by atoms with Gasteiger partial charge >= 0.3 is 18.2 Å². The lowest BCUT2D eigenvalue weighted by molar-refractivity contribution is 0.0122. The van der Waals surface area contributed by atoms with Crippen molar-refractivity contribution in [2.45, 2.75) is 116 Å². The van der Waals surface area contributed by atoms with Gasteiger partial charge in [0.2, 0.25) is 0 Å². The summed E-state index contributed by atoms with van der Waals surface area (Å²) in [6, 6.07) is 3.90. The first-order valence-electron chi connectivity index (χ1n) is 18.6. The highest BCUT2D eigenvalue weighted by molar-refractivity contribution is 5.96. The number of para-hydroxylation sites is 1. The predicted octanol–water partition coefficient (Wildman–Crippen LogP) is 7.57. The van der Waals surface area contributed by atoms with Crippen molar-refractivity contribution >= 4 is 34.6 Å². The molecule has 0 N–H and O–H groups in total. The number of pyridine rings is 1. The first-order valence-corrected chi connectivity index (χ1v) is 18.6. The van der Waals surface area contributed by atoms with Crippen molar-refractivity contribution in [2.75, 3.05) is 50.1 Å². The van der Waals surface area contributed by atoms with Gasteiger partial charge in [-0.3, -0.25) is 19.7 Å². The molecule has 0 saturated carbocycles. The van der Waals surface area contributed by atoms with Crippen molar-refractivity contribution in [1.82, 2.24) is 24.8 Å². The molecule has 3 saturated heterocycles. The van der Waals surface area contributed by atoms with Gasteiger partial charge in [0.1, 0.15) is 40.7 Å². The number of likely N-dealkylation sites (tertiary alicyclic amines) is 1. The summed E-state index contributed by atoms with van der Waals surface area (Å²) in [5, 5.41) is 0.350. The fraction of sp³-hybridized carbons (Fsp3) is 0.615. The van der Waals surface area contributed by atoms with Gasteiger partial charge in [0.15, 0.2) is 5.82 Å². The summed E-state index contributed by atoms with van der Waals surface area (Å²) in [6.45, 7) is 15.0. The molecule has 2 bridgehead atoms. The second kappa shape index (κ2) is 14.5. The number of nitrogens with zero attached hydrogens (tertiary/aromatic N) is 7. The van der Waals surface area contributed by atoms with E-state index in [0.717, 1.165) is 50.0 Å². The highest BCUT2D eigenvalue weighted by Crippen LogP contribution is 2.40. The van der Waals surface area contributed by atoms with E-state index in [1.54, 1.807) is 20.8 Å². The van der Waals surface area contributed by atoms with Crippen LogP contribution in [0.2, 0.25) is 0 Å². The Morgan fingerprint density at radius 1 is 1.02 bits per heavy atom. The van der Waals surface area contributed by atoms with Crippen molar-refractivity contribution in [3.05, 3.63) is 36.0 Å². The average Bonchev–Trinajstić information content (AvgIpc) is 3.56. The molecule has 12 nitrogen and oxygen atoms in total. The van der Waals surface area contributed by atoms with Crippen LogP contribution in [0.5, 0.6) is 6.01 Å². The summed E-state index contributed by atoms with van der Waals surface area (Å²) >= 11 is 0. The molecule has 3 aromatic rings. The van der Waals surface area contributed by atoms with Crippen LogP contribution in [-0.2, 0) is 9.47 Å². The molecule has 14 heteroatoms. The number of carbonyl (C=O) groups excluding carboxylic acids is 2. The van der Waals surface area contributed by atoms with Crippen LogP contribution in [0.1, 0.15) is 87.0 Å². The molecule has 0 aliphatic carbocycles. The topological polar surface area (TPSA) is 113 Å². The molecule has 5 heterocycles. The van der Waals surface area contributed by atoms with E-state index in [4.69, 9.17) is 19.2 Å². The van der Waals surface area contributed by atoms with Crippen molar-refractivity contribution in [1.29, 1.82) is 0 Å². The Bertz CT molecular complexity index is 1850. The number of aromatic nitrogens is 3. The van der Waals surface area contributed by atoms with E-state index in [1.807, 2.05) is 30.6 Å². The summed E-state index contributed by atoms with van der Waals surface area (Å²) < 4.78 is 50.3. The van der Waals surface area contributed by atoms with E-state index in [-0.39, 0.29) is 52.2 Å². The third kappa shape index (κ3) is 7.83. The number of anilines is 2. The maximum atomic E-state index is 17.1. The van der Waals surface area contributed by atoms with E-state index in [0.29, 0.717) is 30.9 Å². The third-order valence-corrected chi connectivity index (χ3v) is 10.4. The van der Waals surface area contributed by atoms with Crippen LogP contribution in [0.15, 0.2) is 24.4 Å². The maximum absolute atomic E-state index is 17.1. The predicted molar refractivity (Wildman–Crippen MR) is 199 cm³/mol. The Morgan fingerprint density at radius 3 is 2.30 bits per heavy atom. The molecule has 3 atom stereocenters. The molecule has 3 aliphatic rings. The quantitative estimate of drug-likeness (QED) is 0.229. The van der Waals surface area contributed by atoms with Gasteiger partial charge in [-0.1, -0.05) is 25.5 Å². The van der Waals surface area contributed by atoms with Gasteiger partial charge in [0.05, 0.1) is 28.7 Å². The molecular weight excluding hydrogens is 684 g/mol. The number of carbonyl (C=O) groups is 2. The molecule has 0 spiro atoms. The van der Waals surface area contributed by atoms with Crippen LogP contribution in [0.25, 0.3) is 22.2 Å². The van der Waals surface area contributed by atoms with E-state index in [2.05, 4.69) is 28.8 Å². The zero-order valence-corrected chi connectivity index (χ0v) is 32.5. The summed E-state index contributed by atoms with van der Waals surface area (Å²) in [6.07, 6.45) is 5.84. The van der Waals surface area contributed by atoms with Crippen LogP contribution in [-0.4, -0.2) is 106 Å². The molecule has 3 fully saturated rings. The highest BCUT2D eigenvalue weighted by atomic mass is 19.1. The van der Waals surface area contributed by atoms with E-state index in [1.165, 1.54) is 31.4 Å². The minimum atomic E-state index is -0.839. The number of benzene rings is 1. The number of likely N-dealkylation sites (N-methyl/N-ethyl adjacent to an activating group) is 1. The number of halogens is 2.